The average molecular weight is 737 g/mol. The fraction of sp³-hybridized carbons (Fsp3) is 0.0750. The second-order valence-electron chi connectivity index (χ2n) is 12.1. The van der Waals surface area contributed by atoms with Gasteiger partial charge in [0.1, 0.15) is 28.8 Å². The zero-order valence-electron chi connectivity index (χ0n) is 30.2. The van der Waals surface area contributed by atoms with Crippen molar-refractivity contribution in [1.29, 1.82) is 5.26 Å². The minimum atomic E-state index is 0.424. The first-order chi connectivity index (χ1) is 27.6. The first-order valence-corrected chi connectivity index (χ1v) is 17.4. The third-order valence-electron chi connectivity index (χ3n) is 7.92. The van der Waals surface area contributed by atoms with Gasteiger partial charge < -0.3 is 0 Å². The van der Waals surface area contributed by atoms with Gasteiger partial charge in [-0.05, 0) is 99.9 Å². The van der Waals surface area contributed by atoms with Crippen molar-refractivity contribution in [1.82, 2.24) is 75.6 Å². The Kier molecular flexibility index (Phi) is 11.3. The molecule has 3 aromatic carbocycles. The number of nitriles is 1. The van der Waals surface area contributed by atoms with Gasteiger partial charge in [-0.3, -0.25) is 15.0 Å². The largest absolute Gasteiger partial charge is 0.253 e. The normalized spacial score (nSPS) is 10.5. The van der Waals surface area contributed by atoms with Crippen LogP contribution in [-0.4, -0.2) is 75.6 Å². The molecule has 0 aliphatic rings. The third-order valence-corrected chi connectivity index (χ3v) is 7.92. The molecule has 0 radical (unpaired) electrons. The maximum atomic E-state index is 9.05. The van der Waals surface area contributed by atoms with E-state index in [9.17, 15) is 0 Å². The molecule has 0 saturated heterocycles. The topological polar surface area (TPSA) is 193 Å². The Morgan fingerprint density at radius 3 is 1.46 bits per heavy atom. The van der Waals surface area contributed by atoms with Gasteiger partial charge in [-0.15, -0.1) is 45.0 Å². The van der Waals surface area contributed by atoms with Crippen LogP contribution in [-0.2, 0) is 0 Å². The Bertz CT molecular complexity index is 2580. The molecule has 0 aliphatic carbocycles. The van der Waals surface area contributed by atoms with Crippen molar-refractivity contribution < 1.29 is 0 Å². The van der Waals surface area contributed by atoms with E-state index < -0.39 is 0 Å². The van der Waals surface area contributed by atoms with Crippen molar-refractivity contribution in [2.75, 3.05) is 0 Å². The fourth-order valence-corrected chi connectivity index (χ4v) is 5.07. The number of hydrogen-bond donors (Lipinski definition) is 0. The van der Waals surface area contributed by atoms with Gasteiger partial charge in [0.15, 0.2) is 0 Å². The highest BCUT2D eigenvalue weighted by Gasteiger charge is 2.12. The number of pyridine rings is 3. The molecule has 56 heavy (non-hydrogen) atoms. The van der Waals surface area contributed by atoms with Crippen molar-refractivity contribution in [2.45, 2.75) is 19.8 Å². The van der Waals surface area contributed by atoms with Crippen LogP contribution in [0.25, 0.3) is 51.6 Å². The Hall–Kier alpha value is -8.19. The van der Waals surface area contributed by atoms with Crippen LogP contribution in [0, 0.1) is 11.3 Å². The zero-order valence-corrected chi connectivity index (χ0v) is 30.2. The lowest BCUT2D eigenvalue weighted by atomic mass is 10.0. The lowest BCUT2D eigenvalue weighted by Crippen LogP contribution is -2.01. The second-order valence-corrected chi connectivity index (χ2v) is 12.1. The first kappa shape index (κ1) is 36.2. The van der Waals surface area contributed by atoms with Crippen LogP contribution in [0.1, 0.15) is 30.9 Å². The van der Waals surface area contributed by atoms with Crippen LogP contribution in [0.5, 0.6) is 0 Å². The van der Waals surface area contributed by atoms with Crippen LogP contribution < -0.4 is 0 Å². The summed E-state index contributed by atoms with van der Waals surface area (Å²) < 4.78 is 0. The average Bonchev–Trinajstić information content (AvgIpc) is 4.08. The van der Waals surface area contributed by atoms with Crippen molar-refractivity contribution in [3.8, 4) is 57.7 Å². The molecule has 9 rings (SSSR count). The Labute approximate surface area is 320 Å². The number of tetrazole rings is 3. The van der Waals surface area contributed by atoms with Crippen LogP contribution in [0.3, 0.4) is 0 Å². The minimum Gasteiger partial charge on any atom is -0.253 e. The van der Waals surface area contributed by atoms with Gasteiger partial charge in [0.05, 0.1) is 16.9 Å². The summed E-state index contributed by atoms with van der Waals surface area (Å²) in [6.45, 7) is 4.32. The van der Waals surface area contributed by atoms with Crippen molar-refractivity contribution in [2.24, 2.45) is 0 Å². The van der Waals surface area contributed by atoms with E-state index in [1.165, 1.54) is 20.0 Å². The van der Waals surface area contributed by atoms with E-state index in [1.807, 2.05) is 97.1 Å². The highest BCUT2D eigenvalue weighted by Crippen LogP contribution is 2.18. The molecule has 6 aromatic heterocycles. The molecule has 0 spiro atoms. The van der Waals surface area contributed by atoms with E-state index in [1.54, 1.807) is 42.9 Å². The van der Waals surface area contributed by atoms with Gasteiger partial charge in [-0.2, -0.15) is 5.26 Å². The van der Waals surface area contributed by atoms with E-state index in [0.29, 0.717) is 40.3 Å². The summed E-state index contributed by atoms with van der Waals surface area (Å²) in [6, 6.07) is 43.7. The Balaban J connectivity index is 0.000000129. The van der Waals surface area contributed by atoms with Crippen LogP contribution in [0.2, 0.25) is 0 Å². The van der Waals surface area contributed by atoms with Crippen molar-refractivity contribution >= 4 is 0 Å². The van der Waals surface area contributed by atoms with Crippen LogP contribution in [0.15, 0.2) is 152 Å². The summed E-state index contributed by atoms with van der Waals surface area (Å²) in [5.41, 5.74) is 6.20. The van der Waals surface area contributed by atoms with Crippen LogP contribution >= 0.6 is 0 Å². The van der Waals surface area contributed by atoms with E-state index in [0.717, 1.165) is 22.8 Å². The van der Waals surface area contributed by atoms with Gasteiger partial charge in [0.2, 0.25) is 17.5 Å². The fourth-order valence-electron chi connectivity index (χ4n) is 5.07. The van der Waals surface area contributed by atoms with E-state index in [2.05, 4.69) is 93.2 Å². The SMILES string of the molecule is CC(C)c1cccc(-n2nnc(-c3ccccn3)n2)c1.N#Cc1ccccc1-n1nnc(-c2ccccn2)n1.c1ccc(-n2nnc(-c3ccccn3)n2)cc1. The van der Waals surface area contributed by atoms with Gasteiger partial charge in [-0.1, -0.05) is 74.5 Å². The number of nitrogens with zero attached hydrogens (tertiary/aromatic N) is 16. The summed E-state index contributed by atoms with van der Waals surface area (Å²) in [5, 5.41) is 46.0. The molecule has 0 fully saturated rings. The monoisotopic (exact) mass is 736 g/mol. The van der Waals surface area contributed by atoms with Gasteiger partial charge in [0, 0.05) is 18.6 Å². The smallest absolute Gasteiger partial charge is 0.223 e. The summed E-state index contributed by atoms with van der Waals surface area (Å²) >= 11 is 0. The summed E-state index contributed by atoms with van der Waals surface area (Å²) in [5.74, 6) is 1.94. The third kappa shape index (κ3) is 8.87. The first-order valence-electron chi connectivity index (χ1n) is 17.4. The van der Waals surface area contributed by atoms with Crippen LogP contribution in [0.4, 0.5) is 0 Å². The Morgan fingerprint density at radius 1 is 0.482 bits per heavy atom. The lowest BCUT2D eigenvalue weighted by Gasteiger charge is -2.06. The zero-order chi connectivity index (χ0) is 38.5. The molecular weight excluding hydrogens is 705 g/mol. The van der Waals surface area contributed by atoms with Crippen molar-refractivity contribution in [3.05, 3.63) is 163 Å². The molecule has 0 amide bonds. The summed E-state index contributed by atoms with van der Waals surface area (Å²) in [7, 11) is 0. The predicted octanol–water partition coefficient (Wildman–Crippen LogP) is 6.17. The molecule has 272 valence electrons. The lowest BCUT2D eigenvalue weighted by molar-refractivity contribution is 0.717. The molecule has 0 saturated carbocycles. The number of aromatic nitrogens is 15. The number of hydrogen-bond acceptors (Lipinski definition) is 13. The molecule has 16 heteroatoms. The molecule has 0 N–H and O–H groups in total. The van der Waals surface area contributed by atoms with E-state index >= 15 is 0 Å². The minimum absolute atomic E-state index is 0.424. The second kappa shape index (κ2) is 17.6. The quantitative estimate of drug-likeness (QED) is 0.181. The van der Waals surface area contributed by atoms with E-state index in [-0.39, 0.29) is 0 Å². The van der Waals surface area contributed by atoms with E-state index in [4.69, 9.17) is 5.26 Å². The predicted molar refractivity (Wildman–Crippen MR) is 206 cm³/mol. The number of para-hydroxylation sites is 2. The molecule has 16 nitrogen and oxygen atoms in total. The van der Waals surface area contributed by atoms with Crippen molar-refractivity contribution in [3.63, 3.8) is 0 Å². The molecule has 9 aromatic rings. The highest BCUT2D eigenvalue weighted by atomic mass is 15.6. The molecule has 0 unspecified atom stereocenters. The standard InChI is InChI=1S/C15H15N5.C13H8N6.C12H9N5/c1-11(2)12-6-5-7-13(10-12)20-18-15(17-19-20)14-8-3-4-9-16-14;14-9-10-5-1-2-7-12(10)19-17-13(16-18-19)11-6-3-4-8-15-11;1-2-6-10(7-3-1)17-15-12(14-16-17)11-8-4-5-9-13-11/h3-11H,1-2H3;1-8H;1-9H. The Morgan fingerprint density at radius 2 is 0.946 bits per heavy atom. The van der Waals surface area contributed by atoms with Gasteiger partial charge in [-0.25, -0.2) is 0 Å². The maximum absolute atomic E-state index is 9.05. The molecular formula is C40H32N16. The number of benzene rings is 3. The molecule has 0 aliphatic heterocycles. The maximum Gasteiger partial charge on any atom is 0.223 e. The summed E-state index contributed by atoms with van der Waals surface area (Å²) in [6.07, 6.45) is 5.09. The molecule has 0 bridgehead atoms. The molecule has 6 heterocycles. The van der Waals surface area contributed by atoms with Gasteiger partial charge in [0.25, 0.3) is 0 Å². The molecule has 0 atom stereocenters. The number of rotatable bonds is 7. The highest BCUT2D eigenvalue weighted by molar-refractivity contribution is 5.51. The summed E-state index contributed by atoms with van der Waals surface area (Å²) in [4.78, 5) is 16.9. The van der Waals surface area contributed by atoms with Gasteiger partial charge >= 0.3 is 0 Å².